The van der Waals surface area contributed by atoms with Crippen LogP contribution in [0.4, 0.5) is 0 Å². The van der Waals surface area contributed by atoms with Gasteiger partial charge in [0.25, 0.3) is 0 Å². The van der Waals surface area contributed by atoms with Crippen LogP contribution in [0.15, 0.2) is 11.6 Å². The molecule has 0 aliphatic heterocycles. The van der Waals surface area contributed by atoms with E-state index in [1.165, 1.54) is 51.4 Å². The summed E-state index contributed by atoms with van der Waals surface area (Å²) in [4.78, 5) is 4.95. The van der Waals surface area contributed by atoms with E-state index in [4.69, 9.17) is 0 Å². The molecule has 8 atom stereocenters. The summed E-state index contributed by atoms with van der Waals surface area (Å²) in [6, 6.07) is 1.49. The molecular weight excluding hydrogens is 328 g/mol. The number of hydrogen-bond acceptors (Lipinski definition) is 2. The Bertz CT molecular complexity index is 593. The Hall–Kier alpha value is -0.340. The van der Waals surface area contributed by atoms with Crippen molar-refractivity contribution in [2.24, 2.45) is 34.5 Å². The maximum Gasteiger partial charge on any atom is 0.0127 e. The summed E-state index contributed by atoms with van der Waals surface area (Å²) in [6.45, 7) is 7.81. The molecule has 154 valence electrons. The zero-order valence-electron chi connectivity index (χ0n) is 19.1. The van der Waals surface area contributed by atoms with Crippen molar-refractivity contribution in [1.29, 1.82) is 0 Å². The van der Waals surface area contributed by atoms with E-state index in [0.717, 1.165) is 35.8 Å². The molecule has 0 N–H and O–H groups in total. The second-order valence-corrected chi connectivity index (χ2v) is 11.6. The molecule has 0 aromatic rings. The van der Waals surface area contributed by atoms with Gasteiger partial charge in [0.1, 0.15) is 0 Å². The third-order valence-electron chi connectivity index (χ3n) is 10.3. The predicted octanol–water partition coefficient (Wildman–Crippen LogP) is 5.45. The van der Waals surface area contributed by atoms with Crippen LogP contribution in [0.1, 0.15) is 72.1 Å². The Kier molecular flexibility index (Phi) is 5.08. The molecule has 0 aromatic heterocycles. The summed E-state index contributed by atoms with van der Waals surface area (Å²) in [6.07, 6.45) is 14.1. The maximum atomic E-state index is 2.73. The first-order chi connectivity index (χ1) is 12.7. The van der Waals surface area contributed by atoms with Gasteiger partial charge in [-0.2, -0.15) is 0 Å². The van der Waals surface area contributed by atoms with E-state index in [1.54, 1.807) is 0 Å². The monoisotopic (exact) mass is 372 g/mol. The molecule has 3 fully saturated rings. The fourth-order valence-corrected chi connectivity index (χ4v) is 8.28. The van der Waals surface area contributed by atoms with Crippen LogP contribution >= 0.6 is 0 Å². The Morgan fingerprint density at radius 3 is 2.37 bits per heavy atom. The smallest absolute Gasteiger partial charge is 0.0127 e. The van der Waals surface area contributed by atoms with E-state index >= 15 is 0 Å². The highest BCUT2D eigenvalue weighted by Gasteiger charge is 2.59. The van der Waals surface area contributed by atoms with Crippen LogP contribution in [0.2, 0.25) is 0 Å². The standard InChI is InChI=1S/C25H44N2/c1-17(26(4)5)21-10-11-22-20-9-8-18-16-19(27(6)7)12-14-24(18,2)23(20)13-15-25(21,22)3/h8,17,19-23H,9-16H2,1-7H3/t17-,19+,20-,21+,22-,23+,24-,25+/m0/s1. The van der Waals surface area contributed by atoms with Gasteiger partial charge in [-0.1, -0.05) is 25.5 Å². The van der Waals surface area contributed by atoms with E-state index in [2.05, 4.69) is 64.8 Å². The van der Waals surface area contributed by atoms with Gasteiger partial charge in [0.2, 0.25) is 0 Å². The summed E-state index contributed by atoms with van der Waals surface area (Å²) >= 11 is 0. The van der Waals surface area contributed by atoms with Crippen LogP contribution in [-0.2, 0) is 0 Å². The first-order valence-electron chi connectivity index (χ1n) is 11.7. The lowest BCUT2D eigenvalue weighted by molar-refractivity contribution is -0.0550. The number of rotatable bonds is 3. The topological polar surface area (TPSA) is 6.48 Å². The zero-order valence-corrected chi connectivity index (χ0v) is 19.1. The molecule has 0 heterocycles. The number of fused-ring (bicyclic) bond motifs is 5. The van der Waals surface area contributed by atoms with Crippen LogP contribution in [0.3, 0.4) is 0 Å². The van der Waals surface area contributed by atoms with Crippen molar-refractivity contribution in [3.8, 4) is 0 Å². The van der Waals surface area contributed by atoms with Crippen LogP contribution < -0.4 is 0 Å². The van der Waals surface area contributed by atoms with Crippen molar-refractivity contribution in [1.82, 2.24) is 9.80 Å². The zero-order chi connectivity index (χ0) is 19.6. The highest BCUT2D eigenvalue weighted by Crippen LogP contribution is 2.66. The summed E-state index contributed by atoms with van der Waals surface area (Å²) in [7, 11) is 9.12. The lowest BCUT2D eigenvalue weighted by Crippen LogP contribution is -2.52. The van der Waals surface area contributed by atoms with Crippen molar-refractivity contribution in [3.05, 3.63) is 11.6 Å². The van der Waals surface area contributed by atoms with E-state index in [0.29, 0.717) is 10.8 Å². The second kappa shape index (κ2) is 6.87. The first-order valence-corrected chi connectivity index (χ1v) is 11.7. The van der Waals surface area contributed by atoms with E-state index in [-0.39, 0.29) is 0 Å². The predicted molar refractivity (Wildman–Crippen MR) is 116 cm³/mol. The van der Waals surface area contributed by atoms with Crippen molar-refractivity contribution in [3.63, 3.8) is 0 Å². The van der Waals surface area contributed by atoms with Crippen molar-refractivity contribution in [2.75, 3.05) is 28.2 Å². The Morgan fingerprint density at radius 2 is 1.70 bits per heavy atom. The van der Waals surface area contributed by atoms with Crippen LogP contribution in [0, 0.1) is 34.5 Å². The Labute approximate surface area is 168 Å². The van der Waals surface area contributed by atoms with Crippen molar-refractivity contribution in [2.45, 2.75) is 84.2 Å². The summed E-state index contributed by atoms with van der Waals surface area (Å²) in [5.41, 5.74) is 2.91. The van der Waals surface area contributed by atoms with Gasteiger partial charge >= 0.3 is 0 Å². The van der Waals surface area contributed by atoms with Gasteiger partial charge in [-0.15, -0.1) is 0 Å². The molecule has 0 saturated heterocycles. The highest BCUT2D eigenvalue weighted by atomic mass is 15.1. The van der Waals surface area contributed by atoms with Crippen LogP contribution in [0.25, 0.3) is 0 Å². The quantitative estimate of drug-likeness (QED) is 0.608. The first kappa shape index (κ1) is 20.0. The van der Waals surface area contributed by atoms with Crippen molar-refractivity contribution < 1.29 is 0 Å². The van der Waals surface area contributed by atoms with Crippen molar-refractivity contribution >= 4 is 0 Å². The lowest BCUT2D eigenvalue weighted by atomic mass is 9.47. The number of nitrogens with zero attached hydrogens (tertiary/aromatic N) is 2. The Balaban J connectivity index is 1.59. The van der Waals surface area contributed by atoms with Gasteiger partial charge in [0, 0.05) is 12.1 Å². The normalized spacial score (nSPS) is 48.0. The Morgan fingerprint density at radius 1 is 0.963 bits per heavy atom. The van der Waals surface area contributed by atoms with E-state index in [9.17, 15) is 0 Å². The average Bonchev–Trinajstić information content (AvgIpc) is 2.97. The summed E-state index contributed by atoms with van der Waals surface area (Å²) in [5, 5.41) is 0. The van der Waals surface area contributed by atoms with E-state index in [1.807, 2.05) is 5.57 Å². The summed E-state index contributed by atoms with van der Waals surface area (Å²) in [5.74, 6) is 3.76. The van der Waals surface area contributed by atoms with Gasteiger partial charge in [0.15, 0.2) is 0 Å². The van der Waals surface area contributed by atoms with Gasteiger partial charge < -0.3 is 9.80 Å². The lowest BCUT2D eigenvalue weighted by Gasteiger charge is -2.59. The highest BCUT2D eigenvalue weighted by molar-refractivity contribution is 5.26. The average molecular weight is 373 g/mol. The minimum Gasteiger partial charge on any atom is -0.306 e. The molecule has 4 rings (SSSR count). The summed E-state index contributed by atoms with van der Waals surface area (Å²) < 4.78 is 0. The minimum atomic E-state index is 0.502. The van der Waals surface area contributed by atoms with Gasteiger partial charge in [-0.25, -0.2) is 0 Å². The largest absolute Gasteiger partial charge is 0.306 e. The molecule has 3 saturated carbocycles. The third-order valence-corrected chi connectivity index (χ3v) is 10.3. The second-order valence-electron chi connectivity index (χ2n) is 11.6. The molecular formula is C25H44N2. The molecule has 4 aliphatic carbocycles. The molecule has 2 heteroatoms. The molecule has 0 unspecified atom stereocenters. The third kappa shape index (κ3) is 2.96. The fraction of sp³-hybridized carbons (Fsp3) is 0.920. The van der Waals surface area contributed by atoms with Crippen LogP contribution in [-0.4, -0.2) is 50.1 Å². The van der Waals surface area contributed by atoms with E-state index < -0.39 is 0 Å². The van der Waals surface area contributed by atoms with Gasteiger partial charge in [-0.05, 0) is 121 Å². The maximum absolute atomic E-state index is 2.73. The molecule has 0 amide bonds. The van der Waals surface area contributed by atoms with Gasteiger partial charge in [-0.3, -0.25) is 0 Å². The molecule has 0 aromatic carbocycles. The van der Waals surface area contributed by atoms with Crippen LogP contribution in [0.5, 0.6) is 0 Å². The SMILES string of the molecule is C[C@@H]([C@H]1CC[C@H]2[C@@H]3CC=C4C[C@H](N(C)C)CC[C@]4(C)[C@@H]3CC[C@]12C)N(C)C. The number of hydrogen-bond donors (Lipinski definition) is 0. The molecule has 4 aliphatic rings. The minimum absolute atomic E-state index is 0.502. The van der Waals surface area contributed by atoms with Gasteiger partial charge in [0.05, 0.1) is 0 Å². The molecule has 0 bridgehead atoms. The molecule has 0 radical (unpaired) electrons. The molecule has 0 spiro atoms. The number of allylic oxidation sites excluding steroid dienone is 1. The molecule has 27 heavy (non-hydrogen) atoms. The fourth-order valence-electron chi connectivity index (χ4n) is 8.28. The molecule has 2 nitrogen and oxygen atoms in total.